The van der Waals surface area contributed by atoms with Crippen LogP contribution < -0.4 is 15.0 Å². The summed E-state index contributed by atoms with van der Waals surface area (Å²) >= 11 is 0. The maximum atomic E-state index is 13.0. The molecule has 1 amide bonds. The molecular formula is C21H22N4O5S. The van der Waals surface area contributed by atoms with E-state index in [0.29, 0.717) is 49.1 Å². The van der Waals surface area contributed by atoms with E-state index in [-0.39, 0.29) is 5.16 Å². The highest BCUT2D eigenvalue weighted by atomic mass is 32.2. The Balaban J connectivity index is 1.60. The first-order chi connectivity index (χ1) is 15.0. The number of aromatic nitrogens is 2. The molecule has 0 spiro atoms. The van der Waals surface area contributed by atoms with Crippen LogP contribution in [0.4, 0.5) is 11.5 Å². The summed E-state index contributed by atoms with van der Waals surface area (Å²) in [6.45, 7) is 2.26. The van der Waals surface area contributed by atoms with Crippen LogP contribution in [0.3, 0.4) is 0 Å². The molecule has 2 aromatic carbocycles. The smallest absolute Gasteiger partial charge is 0.250 e. The monoisotopic (exact) mass is 442 g/mol. The molecule has 10 heteroatoms. The van der Waals surface area contributed by atoms with Gasteiger partial charge >= 0.3 is 0 Å². The number of morpholine rings is 1. The topological polar surface area (TPSA) is 111 Å². The zero-order chi connectivity index (χ0) is 21.8. The van der Waals surface area contributed by atoms with Gasteiger partial charge in [-0.2, -0.15) is 0 Å². The number of carbonyl (C=O) groups excluding carboxylic acids is 1. The van der Waals surface area contributed by atoms with Gasteiger partial charge in [0.1, 0.15) is 17.3 Å². The normalized spacial score (nSPS) is 14.4. The van der Waals surface area contributed by atoms with Gasteiger partial charge < -0.3 is 19.7 Å². The lowest BCUT2D eigenvalue weighted by Gasteiger charge is -2.28. The molecule has 0 unspecified atom stereocenters. The highest BCUT2D eigenvalue weighted by Gasteiger charge is 2.26. The quantitative estimate of drug-likeness (QED) is 0.576. The van der Waals surface area contributed by atoms with Gasteiger partial charge in [0.25, 0.3) is 0 Å². The van der Waals surface area contributed by atoms with Gasteiger partial charge in [0.2, 0.25) is 20.9 Å². The Morgan fingerprint density at radius 3 is 2.52 bits per heavy atom. The molecule has 3 aromatic rings. The predicted molar refractivity (Wildman–Crippen MR) is 116 cm³/mol. The number of amides is 1. The van der Waals surface area contributed by atoms with Crippen LogP contribution in [0.25, 0.3) is 10.9 Å². The number of nitrogens with one attached hydrogen (secondary N) is 1. The molecule has 0 saturated carbocycles. The zero-order valence-electron chi connectivity index (χ0n) is 16.9. The van der Waals surface area contributed by atoms with Crippen LogP contribution in [0.2, 0.25) is 0 Å². The molecule has 0 radical (unpaired) electrons. The lowest BCUT2D eigenvalue weighted by molar-refractivity contribution is -0.113. The van der Waals surface area contributed by atoms with Crippen molar-refractivity contribution in [3.63, 3.8) is 0 Å². The van der Waals surface area contributed by atoms with Crippen LogP contribution in [0.5, 0.6) is 5.75 Å². The van der Waals surface area contributed by atoms with Crippen molar-refractivity contribution in [1.29, 1.82) is 0 Å². The molecule has 162 valence electrons. The first-order valence-electron chi connectivity index (χ1n) is 9.72. The first kappa shape index (κ1) is 21.0. The lowest BCUT2D eigenvalue weighted by atomic mass is 10.2. The minimum absolute atomic E-state index is 0.363. The second kappa shape index (κ2) is 8.86. The molecule has 0 bridgehead atoms. The van der Waals surface area contributed by atoms with Crippen molar-refractivity contribution < 1.29 is 22.7 Å². The fraction of sp³-hybridized carbons (Fsp3) is 0.286. The number of carbonyl (C=O) groups is 1. The molecule has 31 heavy (non-hydrogen) atoms. The molecular weight excluding hydrogens is 420 g/mol. The van der Waals surface area contributed by atoms with Crippen LogP contribution in [0.1, 0.15) is 0 Å². The Kier molecular flexibility index (Phi) is 6.01. The molecule has 1 aromatic heterocycles. The second-order valence-corrected chi connectivity index (χ2v) is 8.87. The molecule has 2 heterocycles. The number of benzene rings is 2. The van der Waals surface area contributed by atoms with E-state index in [1.807, 2.05) is 17.0 Å². The third kappa shape index (κ3) is 4.75. The van der Waals surface area contributed by atoms with E-state index in [1.54, 1.807) is 36.4 Å². The standard InChI is InChI=1S/C21H22N4O5S/c1-29-16-8-6-15(7-9-16)22-19(26)14-31(27,28)21-23-18-5-3-2-4-17(18)20(24-21)25-10-12-30-13-11-25/h2-9H,10-14H2,1H3,(H,22,26). The number of hydrogen-bond acceptors (Lipinski definition) is 8. The molecule has 4 rings (SSSR count). The average Bonchev–Trinajstić information content (AvgIpc) is 2.79. The van der Waals surface area contributed by atoms with Gasteiger partial charge in [-0.1, -0.05) is 12.1 Å². The number of hydrogen-bond donors (Lipinski definition) is 1. The summed E-state index contributed by atoms with van der Waals surface area (Å²) in [5.41, 5.74) is 0.975. The summed E-state index contributed by atoms with van der Waals surface area (Å²) in [7, 11) is -2.53. The van der Waals surface area contributed by atoms with Crippen molar-refractivity contribution in [2.75, 3.05) is 49.4 Å². The summed E-state index contributed by atoms with van der Waals surface area (Å²) < 4.78 is 36.4. The van der Waals surface area contributed by atoms with Crippen LogP contribution in [-0.4, -0.2) is 63.5 Å². The van der Waals surface area contributed by atoms with Crippen molar-refractivity contribution in [2.24, 2.45) is 0 Å². The van der Waals surface area contributed by atoms with Gasteiger partial charge in [-0.3, -0.25) is 4.79 Å². The zero-order valence-corrected chi connectivity index (χ0v) is 17.8. The average molecular weight is 442 g/mol. The number of para-hydroxylation sites is 1. The minimum Gasteiger partial charge on any atom is -0.497 e. The van der Waals surface area contributed by atoms with Gasteiger partial charge in [-0.25, -0.2) is 18.4 Å². The maximum absolute atomic E-state index is 13.0. The molecule has 1 saturated heterocycles. The largest absolute Gasteiger partial charge is 0.497 e. The van der Waals surface area contributed by atoms with Crippen LogP contribution in [-0.2, 0) is 19.4 Å². The van der Waals surface area contributed by atoms with Crippen molar-refractivity contribution in [3.05, 3.63) is 48.5 Å². The molecule has 1 aliphatic heterocycles. The SMILES string of the molecule is COc1ccc(NC(=O)CS(=O)(=O)c2nc(N3CCOCC3)c3ccccc3n2)cc1. The van der Waals surface area contributed by atoms with Crippen molar-refractivity contribution >= 4 is 38.2 Å². The van der Waals surface area contributed by atoms with E-state index in [0.717, 1.165) is 5.39 Å². The maximum Gasteiger partial charge on any atom is 0.250 e. The number of sulfone groups is 1. The van der Waals surface area contributed by atoms with E-state index in [2.05, 4.69) is 15.3 Å². The number of ether oxygens (including phenoxy) is 2. The Hall–Kier alpha value is -3.24. The predicted octanol–water partition coefficient (Wildman–Crippen LogP) is 1.89. The summed E-state index contributed by atoms with van der Waals surface area (Å²) in [6, 6.07) is 13.8. The Bertz CT molecular complexity index is 1190. The van der Waals surface area contributed by atoms with Gasteiger partial charge in [0.15, 0.2) is 0 Å². The summed E-state index contributed by atoms with van der Waals surface area (Å²) in [4.78, 5) is 23.0. The summed E-state index contributed by atoms with van der Waals surface area (Å²) in [5, 5.41) is 2.97. The number of anilines is 2. The Morgan fingerprint density at radius 2 is 1.81 bits per heavy atom. The highest BCUT2D eigenvalue weighted by molar-refractivity contribution is 7.92. The third-order valence-electron chi connectivity index (χ3n) is 4.85. The summed E-state index contributed by atoms with van der Waals surface area (Å²) in [6.07, 6.45) is 0. The van der Waals surface area contributed by atoms with E-state index in [1.165, 1.54) is 7.11 Å². The van der Waals surface area contributed by atoms with Crippen LogP contribution in [0.15, 0.2) is 53.7 Å². The third-order valence-corrected chi connectivity index (χ3v) is 6.23. The van der Waals surface area contributed by atoms with Gasteiger partial charge in [-0.05, 0) is 36.4 Å². The first-order valence-corrected chi connectivity index (χ1v) is 11.4. The molecule has 9 nitrogen and oxygen atoms in total. The van der Waals surface area contributed by atoms with Gasteiger partial charge in [0.05, 0.1) is 25.8 Å². The van der Waals surface area contributed by atoms with Crippen molar-refractivity contribution in [3.8, 4) is 5.75 Å². The van der Waals surface area contributed by atoms with E-state index in [9.17, 15) is 13.2 Å². The van der Waals surface area contributed by atoms with Crippen LogP contribution in [0, 0.1) is 0 Å². The van der Waals surface area contributed by atoms with Gasteiger partial charge in [-0.15, -0.1) is 0 Å². The number of methoxy groups -OCH3 is 1. The number of rotatable bonds is 6. The molecule has 1 N–H and O–H groups in total. The number of fused-ring (bicyclic) bond motifs is 1. The summed E-state index contributed by atoms with van der Waals surface area (Å²) in [5.74, 6) is -0.274. The van der Waals surface area contributed by atoms with E-state index in [4.69, 9.17) is 9.47 Å². The van der Waals surface area contributed by atoms with E-state index >= 15 is 0 Å². The van der Waals surface area contributed by atoms with Crippen LogP contribution >= 0.6 is 0 Å². The molecule has 1 aliphatic rings. The second-order valence-electron chi connectivity index (χ2n) is 6.98. The van der Waals surface area contributed by atoms with Crippen molar-refractivity contribution in [2.45, 2.75) is 5.16 Å². The lowest BCUT2D eigenvalue weighted by Crippen LogP contribution is -2.37. The fourth-order valence-corrected chi connectivity index (χ4v) is 4.31. The minimum atomic E-state index is -4.06. The van der Waals surface area contributed by atoms with E-state index < -0.39 is 21.5 Å². The number of nitrogens with zero attached hydrogens (tertiary/aromatic N) is 3. The molecule has 1 fully saturated rings. The Morgan fingerprint density at radius 1 is 1.10 bits per heavy atom. The molecule has 0 atom stereocenters. The van der Waals surface area contributed by atoms with Crippen molar-refractivity contribution in [1.82, 2.24) is 9.97 Å². The Labute approximate surface area is 179 Å². The highest BCUT2D eigenvalue weighted by Crippen LogP contribution is 2.26. The van der Waals surface area contributed by atoms with Gasteiger partial charge in [0, 0.05) is 24.2 Å². The molecule has 0 aliphatic carbocycles. The fourth-order valence-electron chi connectivity index (χ4n) is 3.30.